The fourth-order valence-electron chi connectivity index (χ4n) is 2.81. The summed E-state index contributed by atoms with van der Waals surface area (Å²) in [5.74, 6) is 0.151. The lowest BCUT2D eigenvalue weighted by Gasteiger charge is -2.33. The van der Waals surface area contributed by atoms with E-state index in [2.05, 4.69) is 10.4 Å². The quantitative estimate of drug-likeness (QED) is 0.894. The number of carbonyl (C=O) groups excluding carboxylic acids is 1. The van der Waals surface area contributed by atoms with Crippen molar-refractivity contribution in [3.05, 3.63) is 17.5 Å². The van der Waals surface area contributed by atoms with Crippen molar-refractivity contribution in [2.24, 2.45) is 0 Å². The van der Waals surface area contributed by atoms with E-state index in [4.69, 9.17) is 0 Å². The van der Waals surface area contributed by atoms with Crippen molar-refractivity contribution in [1.29, 1.82) is 0 Å². The number of aryl methyl sites for hydroxylation is 2. The van der Waals surface area contributed by atoms with Crippen LogP contribution in [0, 0.1) is 13.8 Å². The van der Waals surface area contributed by atoms with Crippen LogP contribution in [0.5, 0.6) is 0 Å². The zero-order chi connectivity index (χ0) is 14.0. The standard InChI is InChI=1S/C14H24N4O/c1-10-9-11(2)18(16-10)12(3)14(19)17(4)13-5-7-15-8-6-13/h9,12-13,15H,5-8H2,1-4H3/t12-/m1/s1. The molecule has 106 valence electrons. The van der Waals surface area contributed by atoms with Crippen LogP contribution >= 0.6 is 0 Å². The molecule has 2 heterocycles. The van der Waals surface area contributed by atoms with Crippen molar-refractivity contribution in [2.45, 2.75) is 45.7 Å². The Morgan fingerprint density at radius 3 is 2.63 bits per heavy atom. The summed E-state index contributed by atoms with van der Waals surface area (Å²) in [7, 11) is 1.92. The molecule has 0 radical (unpaired) electrons. The van der Waals surface area contributed by atoms with Crippen molar-refractivity contribution in [3.63, 3.8) is 0 Å². The molecule has 2 rings (SSSR count). The van der Waals surface area contributed by atoms with Gasteiger partial charge >= 0.3 is 0 Å². The highest BCUT2D eigenvalue weighted by molar-refractivity contribution is 5.80. The Hall–Kier alpha value is -1.36. The predicted molar refractivity (Wildman–Crippen MR) is 75.1 cm³/mol. The minimum absolute atomic E-state index is 0.151. The van der Waals surface area contributed by atoms with E-state index in [0.717, 1.165) is 37.3 Å². The third-order valence-electron chi connectivity index (χ3n) is 3.97. The number of amides is 1. The fraction of sp³-hybridized carbons (Fsp3) is 0.714. The summed E-state index contributed by atoms with van der Waals surface area (Å²) in [5.41, 5.74) is 2.00. The summed E-state index contributed by atoms with van der Waals surface area (Å²) in [6, 6.07) is 2.13. The van der Waals surface area contributed by atoms with Gasteiger partial charge in [-0.2, -0.15) is 5.10 Å². The van der Waals surface area contributed by atoms with Crippen LogP contribution in [0.4, 0.5) is 0 Å². The number of rotatable bonds is 3. The molecule has 1 amide bonds. The smallest absolute Gasteiger partial charge is 0.247 e. The SMILES string of the molecule is Cc1cc(C)n([C@H](C)C(=O)N(C)C2CCNCC2)n1. The lowest BCUT2D eigenvalue weighted by atomic mass is 10.0. The third kappa shape index (κ3) is 2.97. The van der Waals surface area contributed by atoms with E-state index in [0.29, 0.717) is 6.04 Å². The molecule has 0 aromatic carbocycles. The number of nitrogens with one attached hydrogen (secondary N) is 1. The molecule has 5 heteroatoms. The summed E-state index contributed by atoms with van der Waals surface area (Å²) in [5, 5.41) is 7.74. The Morgan fingerprint density at radius 2 is 2.11 bits per heavy atom. The number of nitrogens with zero attached hydrogens (tertiary/aromatic N) is 3. The molecular weight excluding hydrogens is 240 g/mol. The van der Waals surface area contributed by atoms with Crippen LogP contribution in [0.2, 0.25) is 0 Å². The number of piperidine rings is 1. The molecule has 1 atom stereocenters. The maximum atomic E-state index is 12.5. The minimum Gasteiger partial charge on any atom is -0.341 e. The summed E-state index contributed by atoms with van der Waals surface area (Å²) < 4.78 is 1.83. The molecule has 0 saturated carbocycles. The van der Waals surface area contributed by atoms with Gasteiger partial charge in [-0.05, 0) is 52.8 Å². The molecule has 0 spiro atoms. The van der Waals surface area contributed by atoms with Gasteiger partial charge in [0.1, 0.15) is 6.04 Å². The van der Waals surface area contributed by atoms with E-state index in [1.165, 1.54) is 0 Å². The van der Waals surface area contributed by atoms with E-state index >= 15 is 0 Å². The van der Waals surface area contributed by atoms with Gasteiger partial charge in [0.05, 0.1) is 5.69 Å². The zero-order valence-corrected chi connectivity index (χ0v) is 12.3. The number of carbonyl (C=O) groups is 1. The number of likely N-dealkylation sites (N-methyl/N-ethyl adjacent to an activating group) is 1. The lowest BCUT2D eigenvalue weighted by Crippen LogP contribution is -2.46. The molecule has 5 nitrogen and oxygen atoms in total. The molecule has 1 saturated heterocycles. The van der Waals surface area contributed by atoms with E-state index in [1.807, 2.05) is 43.5 Å². The van der Waals surface area contributed by atoms with Gasteiger partial charge < -0.3 is 10.2 Å². The average Bonchev–Trinajstić information content (AvgIpc) is 2.76. The van der Waals surface area contributed by atoms with Gasteiger partial charge in [0, 0.05) is 18.8 Å². The van der Waals surface area contributed by atoms with Gasteiger partial charge in [-0.1, -0.05) is 0 Å². The first-order valence-electron chi connectivity index (χ1n) is 7.01. The van der Waals surface area contributed by atoms with E-state index < -0.39 is 0 Å². The summed E-state index contributed by atoms with van der Waals surface area (Å²) in [4.78, 5) is 14.5. The van der Waals surface area contributed by atoms with Gasteiger partial charge in [0.15, 0.2) is 0 Å². The van der Waals surface area contributed by atoms with Crippen LogP contribution < -0.4 is 5.32 Å². The zero-order valence-electron chi connectivity index (χ0n) is 12.3. The molecule has 1 fully saturated rings. The topological polar surface area (TPSA) is 50.2 Å². The third-order valence-corrected chi connectivity index (χ3v) is 3.97. The normalized spacial score (nSPS) is 18.3. The second kappa shape index (κ2) is 5.74. The highest BCUT2D eigenvalue weighted by atomic mass is 16.2. The van der Waals surface area contributed by atoms with Crippen LogP contribution in [0.15, 0.2) is 6.07 Å². The predicted octanol–water partition coefficient (Wildman–Crippen LogP) is 1.27. The van der Waals surface area contributed by atoms with Gasteiger partial charge in [-0.25, -0.2) is 0 Å². The van der Waals surface area contributed by atoms with Crippen molar-refractivity contribution in [3.8, 4) is 0 Å². The van der Waals surface area contributed by atoms with E-state index in [1.54, 1.807) is 0 Å². The Morgan fingerprint density at radius 1 is 1.47 bits per heavy atom. The van der Waals surface area contributed by atoms with Crippen molar-refractivity contribution in [2.75, 3.05) is 20.1 Å². The molecule has 1 aliphatic rings. The van der Waals surface area contributed by atoms with Gasteiger partial charge in [-0.15, -0.1) is 0 Å². The van der Waals surface area contributed by atoms with Gasteiger partial charge in [0.2, 0.25) is 5.91 Å². The molecule has 0 aliphatic carbocycles. The minimum atomic E-state index is -0.228. The van der Waals surface area contributed by atoms with Crippen LogP contribution in [0.25, 0.3) is 0 Å². The molecule has 0 unspecified atom stereocenters. The molecule has 19 heavy (non-hydrogen) atoms. The van der Waals surface area contributed by atoms with Crippen LogP contribution in [-0.4, -0.2) is 46.8 Å². The molecule has 1 aromatic heterocycles. The maximum Gasteiger partial charge on any atom is 0.247 e. The maximum absolute atomic E-state index is 12.5. The monoisotopic (exact) mass is 264 g/mol. The number of hydrogen-bond donors (Lipinski definition) is 1. The molecule has 1 aliphatic heterocycles. The van der Waals surface area contributed by atoms with Crippen molar-refractivity contribution in [1.82, 2.24) is 20.0 Å². The average molecular weight is 264 g/mol. The van der Waals surface area contributed by atoms with E-state index in [-0.39, 0.29) is 11.9 Å². The molecule has 0 bridgehead atoms. The highest BCUT2D eigenvalue weighted by Gasteiger charge is 2.27. The molecule has 1 N–H and O–H groups in total. The summed E-state index contributed by atoms with van der Waals surface area (Å²) in [6.45, 7) is 7.87. The largest absolute Gasteiger partial charge is 0.341 e. The van der Waals surface area contributed by atoms with Crippen molar-refractivity contribution < 1.29 is 4.79 Å². The first-order chi connectivity index (χ1) is 9.00. The second-order valence-electron chi connectivity index (χ2n) is 5.48. The van der Waals surface area contributed by atoms with Gasteiger partial charge in [-0.3, -0.25) is 9.48 Å². The fourth-order valence-corrected chi connectivity index (χ4v) is 2.81. The Bertz CT molecular complexity index is 448. The highest BCUT2D eigenvalue weighted by Crippen LogP contribution is 2.17. The summed E-state index contributed by atoms with van der Waals surface area (Å²) >= 11 is 0. The Kier molecular flexibility index (Phi) is 4.24. The molecule has 1 aromatic rings. The Labute approximate surface area is 115 Å². The van der Waals surface area contributed by atoms with Gasteiger partial charge in [0.25, 0.3) is 0 Å². The number of hydrogen-bond acceptors (Lipinski definition) is 3. The van der Waals surface area contributed by atoms with Crippen LogP contribution in [0.3, 0.4) is 0 Å². The Balaban J connectivity index is 2.07. The van der Waals surface area contributed by atoms with Crippen LogP contribution in [0.1, 0.15) is 37.2 Å². The second-order valence-corrected chi connectivity index (χ2v) is 5.48. The first kappa shape index (κ1) is 14.1. The molecular formula is C14H24N4O. The number of aromatic nitrogens is 2. The summed E-state index contributed by atoms with van der Waals surface area (Å²) in [6.07, 6.45) is 2.07. The lowest BCUT2D eigenvalue weighted by molar-refractivity contribution is -0.135. The first-order valence-corrected chi connectivity index (χ1v) is 7.01. The van der Waals surface area contributed by atoms with Crippen molar-refractivity contribution >= 4 is 5.91 Å². The van der Waals surface area contributed by atoms with Crippen LogP contribution in [-0.2, 0) is 4.79 Å². The van der Waals surface area contributed by atoms with E-state index in [9.17, 15) is 4.79 Å².